The molecule has 0 aromatic rings. The molecule has 89 heavy (non-hydrogen) atoms. The summed E-state index contributed by atoms with van der Waals surface area (Å²) in [6, 6.07) is -0.824. The molecule has 2 rings (SSSR count). The quantitative estimate of drug-likeness (QED) is 0.0259. The molecule has 2 aliphatic heterocycles. The highest BCUT2D eigenvalue weighted by Crippen LogP contribution is 2.30. The molecule has 0 aromatic heterocycles. The second kappa shape index (κ2) is 60.6. The van der Waals surface area contributed by atoms with Crippen LogP contribution in [0.25, 0.3) is 0 Å². The first-order valence-electron chi connectivity index (χ1n) is 38.8. The first-order valence-corrected chi connectivity index (χ1v) is 38.8. The number of carbonyl (C=O) groups is 1. The number of unbranched alkanes of at least 4 members (excludes halogenated alkanes) is 53. The molecule has 0 aliphatic carbocycles. The third-order valence-electron chi connectivity index (χ3n) is 19.6. The van der Waals surface area contributed by atoms with Gasteiger partial charge in [-0.25, -0.2) is 0 Å². The van der Waals surface area contributed by atoms with E-state index < -0.39 is 86.8 Å². The van der Waals surface area contributed by atoms with Gasteiger partial charge in [0, 0.05) is 6.42 Å². The fraction of sp³-hybridized carbons (Fsp3) is 0.987. The predicted molar refractivity (Wildman–Crippen MR) is 365 cm³/mol. The van der Waals surface area contributed by atoms with Crippen LogP contribution < -0.4 is 5.32 Å². The van der Waals surface area contributed by atoms with E-state index in [-0.39, 0.29) is 12.5 Å². The number of aliphatic hydroxyl groups excluding tert-OH is 8. The Balaban J connectivity index is 1.52. The Morgan fingerprint density at radius 2 is 0.640 bits per heavy atom. The van der Waals surface area contributed by atoms with Crippen molar-refractivity contribution in [3.8, 4) is 0 Å². The molecule has 2 saturated heterocycles. The Morgan fingerprint density at radius 1 is 0.360 bits per heavy atom. The van der Waals surface area contributed by atoms with Gasteiger partial charge in [-0.15, -0.1) is 0 Å². The van der Waals surface area contributed by atoms with Gasteiger partial charge in [0.15, 0.2) is 12.6 Å². The van der Waals surface area contributed by atoms with Gasteiger partial charge in [-0.1, -0.05) is 361 Å². The average molecular weight is 1270 g/mol. The summed E-state index contributed by atoms with van der Waals surface area (Å²) in [5.41, 5.74) is 0. The summed E-state index contributed by atoms with van der Waals surface area (Å²) in [4.78, 5) is 13.3. The van der Waals surface area contributed by atoms with Crippen molar-refractivity contribution in [1.82, 2.24) is 5.32 Å². The Hall–Kier alpha value is -1.01. The lowest BCUT2D eigenvalue weighted by molar-refractivity contribution is -0.359. The van der Waals surface area contributed by atoms with Crippen LogP contribution in [0.15, 0.2) is 0 Å². The molecule has 0 spiro atoms. The lowest BCUT2D eigenvalue weighted by Crippen LogP contribution is -2.65. The van der Waals surface area contributed by atoms with Crippen LogP contribution in [0.4, 0.5) is 0 Å². The van der Waals surface area contributed by atoms with Gasteiger partial charge < -0.3 is 65.1 Å². The van der Waals surface area contributed by atoms with Gasteiger partial charge in [-0.05, 0) is 12.8 Å². The van der Waals surface area contributed by atoms with Gasteiger partial charge >= 0.3 is 0 Å². The molecule has 0 aromatic carbocycles. The van der Waals surface area contributed by atoms with E-state index in [2.05, 4.69) is 19.2 Å². The molecule has 14 heteroatoms. The highest BCUT2D eigenvalue weighted by atomic mass is 16.7. The van der Waals surface area contributed by atoms with Crippen molar-refractivity contribution < 1.29 is 64.6 Å². The van der Waals surface area contributed by atoms with Gasteiger partial charge in [0.2, 0.25) is 5.91 Å². The highest BCUT2D eigenvalue weighted by molar-refractivity contribution is 5.76. The van der Waals surface area contributed by atoms with E-state index in [1.54, 1.807) is 0 Å². The van der Waals surface area contributed by atoms with E-state index in [4.69, 9.17) is 18.9 Å². The van der Waals surface area contributed by atoms with Gasteiger partial charge in [-0.3, -0.25) is 4.79 Å². The largest absolute Gasteiger partial charge is 0.394 e. The topological polar surface area (TPSA) is 228 Å². The smallest absolute Gasteiger partial charge is 0.220 e. The van der Waals surface area contributed by atoms with E-state index in [1.165, 1.54) is 302 Å². The van der Waals surface area contributed by atoms with Crippen LogP contribution in [0.3, 0.4) is 0 Å². The molecule has 2 aliphatic rings. The third-order valence-corrected chi connectivity index (χ3v) is 19.6. The number of hydrogen-bond acceptors (Lipinski definition) is 13. The Kier molecular flexibility index (Phi) is 57.3. The van der Waals surface area contributed by atoms with E-state index in [9.17, 15) is 45.6 Å². The number of aliphatic hydroxyl groups is 8. The van der Waals surface area contributed by atoms with Crippen molar-refractivity contribution in [2.75, 3.05) is 19.8 Å². The molecule has 1 amide bonds. The SMILES string of the molecule is CCCCCCCCCCCCCCCCCCCCCCCCCCCCCCCCCCCCCCCCCCC(=O)NC(COC1OC(CO)C(OC2OC(CO)C(O)C(O)C2O)C(O)C1O)C(O)CCCCCCCCCCCCCCCCC. The van der Waals surface area contributed by atoms with Crippen LogP contribution >= 0.6 is 0 Å². The van der Waals surface area contributed by atoms with E-state index in [0.29, 0.717) is 12.8 Å². The van der Waals surface area contributed by atoms with Crippen molar-refractivity contribution >= 4 is 5.91 Å². The van der Waals surface area contributed by atoms with E-state index in [1.807, 2.05) is 0 Å². The van der Waals surface area contributed by atoms with Gasteiger partial charge in [0.1, 0.15) is 48.8 Å². The Bertz CT molecular complexity index is 1500. The molecule has 14 nitrogen and oxygen atoms in total. The monoisotopic (exact) mass is 1270 g/mol. The average Bonchev–Trinajstić information content (AvgIpc) is 2.46. The summed E-state index contributed by atoms with van der Waals surface area (Å²) in [6.07, 6.45) is 57.4. The molecular formula is C75H147NO13. The van der Waals surface area contributed by atoms with E-state index >= 15 is 0 Å². The summed E-state index contributed by atoms with van der Waals surface area (Å²) in [7, 11) is 0. The van der Waals surface area contributed by atoms with E-state index in [0.717, 1.165) is 51.4 Å². The van der Waals surface area contributed by atoms with Crippen LogP contribution in [0.2, 0.25) is 0 Å². The number of hydrogen-bond donors (Lipinski definition) is 9. The van der Waals surface area contributed by atoms with Crippen molar-refractivity contribution in [2.45, 2.75) is 453 Å². The second-order valence-electron chi connectivity index (χ2n) is 27.9. The van der Waals surface area contributed by atoms with Crippen LogP contribution in [0.5, 0.6) is 0 Å². The maximum absolute atomic E-state index is 13.3. The van der Waals surface area contributed by atoms with Crippen LogP contribution in [-0.2, 0) is 23.7 Å². The first-order chi connectivity index (χ1) is 43.6. The Labute approximate surface area is 546 Å². The van der Waals surface area contributed by atoms with Gasteiger partial charge in [-0.2, -0.15) is 0 Å². The van der Waals surface area contributed by atoms with Crippen molar-refractivity contribution in [3.05, 3.63) is 0 Å². The van der Waals surface area contributed by atoms with Crippen LogP contribution in [-0.4, -0.2) is 140 Å². The zero-order valence-electron chi connectivity index (χ0n) is 58.0. The molecule has 0 saturated carbocycles. The molecule has 0 bridgehead atoms. The normalized spacial score (nSPS) is 22.9. The fourth-order valence-electron chi connectivity index (χ4n) is 13.4. The summed E-state index contributed by atoms with van der Waals surface area (Å²) in [5.74, 6) is -0.197. The molecule has 0 radical (unpaired) electrons. The highest BCUT2D eigenvalue weighted by Gasteiger charge is 2.51. The van der Waals surface area contributed by atoms with Crippen molar-refractivity contribution in [3.63, 3.8) is 0 Å². The summed E-state index contributed by atoms with van der Waals surface area (Å²) in [6.45, 7) is 2.92. The molecule has 2 heterocycles. The lowest BCUT2D eigenvalue weighted by Gasteiger charge is -2.46. The third kappa shape index (κ3) is 44.4. The van der Waals surface area contributed by atoms with Crippen LogP contribution in [0.1, 0.15) is 380 Å². The van der Waals surface area contributed by atoms with Gasteiger partial charge in [0.05, 0.1) is 32.0 Å². The molecule has 2 fully saturated rings. The second-order valence-corrected chi connectivity index (χ2v) is 27.9. The van der Waals surface area contributed by atoms with Gasteiger partial charge in [0.25, 0.3) is 0 Å². The Morgan fingerprint density at radius 3 is 0.955 bits per heavy atom. The zero-order valence-corrected chi connectivity index (χ0v) is 58.0. The standard InChI is InChI=1S/C75H147NO13/c1-3-5-7-9-11-13-15-17-19-20-21-22-23-24-25-26-27-28-29-30-31-32-33-34-35-36-37-38-39-40-41-42-43-45-47-49-51-53-55-57-59-67(80)76-63(64(79)58-56-54-52-50-48-46-44-18-16-14-12-10-8-6-4-2)62-86-74-72(85)70(83)73(66(61-78)88-74)89-75-71(84)69(82)68(81)65(60-77)87-75/h63-66,68-75,77-79,81-85H,3-62H2,1-2H3,(H,76,80). The minimum Gasteiger partial charge on any atom is -0.394 e. The summed E-state index contributed by atoms with van der Waals surface area (Å²) < 4.78 is 22.9. The fourth-order valence-corrected chi connectivity index (χ4v) is 13.4. The maximum atomic E-state index is 13.3. The zero-order chi connectivity index (χ0) is 64.5. The maximum Gasteiger partial charge on any atom is 0.220 e. The summed E-state index contributed by atoms with van der Waals surface area (Å²) in [5, 5.41) is 87.6. The minimum absolute atomic E-state index is 0.197. The number of carbonyl (C=O) groups excluding carboxylic acids is 1. The van der Waals surface area contributed by atoms with Crippen LogP contribution in [0, 0.1) is 0 Å². The number of amides is 1. The lowest BCUT2D eigenvalue weighted by atomic mass is 9.97. The number of ether oxygens (including phenoxy) is 4. The summed E-state index contributed by atoms with van der Waals surface area (Å²) >= 11 is 0. The molecule has 12 unspecified atom stereocenters. The minimum atomic E-state index is -1.78. The first kappa shape index (κ1) is 84.1. The predicted octanol–water partition coefficient (Wildman–Crippen LogP) is 16.7. The molecule has 12 atom stereocenters. The molecular weight excluding hydrogens is 1120 g/mol. The number of rotatable bonds is 66. The molecule has 9 N–H and O–H groups in total. The van der Waals surface area contributed by atoms with Crippen molar-refractivity contribution in [1.29, 1.82) is 0 Å². The van der Waals surface area contributed by atoms with Crippen molar-refractivity contribution in [2.24, 2.45) is 0 Å². The number of nitrogens with one attached hydrogen (secondary N) is 1. The molecule has 530 valence electrons.